The van der Waals surface area contributed by atoms with Crippen LogP contribution in [0.3, 0.4) is 0 Å². The third-order valence-electron chi connectivity index (χ3n) is 3.03. The first kappa shape index (κ1) is 12.3. The van der Waals surface area contributed by atoms with Crippen molar-refractivity contribution in [2.45, 2.75) is 37.5 Å². The highest BCUT2D eigenvalue weighted by Crippen LogP contribution is 2.31. The summed E-state index contributed by atoms with van der Waals surface area (Å²) in [5.74, 6) is 1.26. The van der Waals surface area contributed by atoms with E-state index in [4.69, 9.17) is 4.74 Å². The van der Waals surface area contributed by atoms with Crippen molar-refractivity contribution in [3.05, 3.63) is 0 Å². The summed E-state index contributed by atoms with van der Waals surface area (Å²) in [6.45, 7) is 4.19. The van der Waals surface area contributed by atoms with Crippen molar-refractivity contribution < 1.29 is 4.74 Å². The minimum absolute atomic E-state index is 0.800. The van der Waals surface area contributed by atoms with Crippen molar-refractivity contribution >= 4 is 11.8 Å². The fraction of sp³-hybridized carbons (Fsp3) is 1.00. The van der Waals surface area contributed by atoms with Crippen LogP contribution in [0.2, 0.25) is 0 Å². The molecule has 0 aromatic carbocycles. The largest absolute Gasteiger partial charge is 0.383 e. The van der Waals surface area contributed by atoms with E-state index in [2.05, 4.69) is 30.6 Å². The fourth-order valence-corrected chi connectivity index (χ4v) is 3.26. The van der Waals surface area contributed by atoms with E-state index in [1.54, 1.807) is 7.11 Å². The maximum absolute atomic E-state index is 5.10. The van der Waals surface area contributed by atoms with Gasteiger partial charge >= 0.3 is 0 Å². The van der Waals surface area contributed by atoms with Crippen LogP contribution in [0.5, 0.6) is 0 Å². The van der Waals surface area contributed by atoms with Crippen LogP contribution >= 0.6 is 11.8 Å². The lowest BCUT2D eigenvalue weighted by molar-refractivity contribution is 0.140. The molecule has 0 saturated heterocycles. The van der Waals surface area contributed by atoms with E-state index in [9.17, 15) is 0 Å². The Bertz CT molecular complexity index is 154. The molecule has 2 atom stereocenters. The molecule has 0 bridgehead atoms. The topological polar surface area (TPSA) is 12.5 Å². The van der Waals surface area contributed by atoms with Crippen LogP contribution in [0.15, 0.2) is 0 Å². The molecule has 0 unspecified atom stereocenters. The highest BCUT2D eigenvalue weighted by Gasteiger charge is 2.26. The van der Waals surface area contributed by atoms with Gasteiger partial charge in [0, 0.05) is 24.9 Å². The van der Waals surface area contributed by atoms with Crippen LogP contribution in [0, 0.1) is 0 Å². The molecule has 0 aliphatic heterocycles. The summed E-state index contributed by atoms with van der Waals surface area (Å²) in [6.07, 6.45) is 4.15. The molecule has 84 valence electrons. The van der Waals surface area contributed by atoms with Crippen LogP contribution < -0.4 is 0 Å². The molecular weight excluding hydrogens is 194 g/mol. The quantitative estimate of drug-likeness (QED) is 0.677. The lowest BCUT2D eigenvalue weighted by Gasteiger charge is -2.23. The number of rotatable bonds is 6. The summed E-state index contributed by atoms with van der Waals surface area (Å²) in [6, 6.07) is 0.800. The number of hydrogen-bond donors (Lipinski definition) is 0. The van der Waals surface area contributed by atoms with Gasteiger partial charge in [-0.15, -0.1) is 0 Å². The summed E-state index contributed by atoms with van der Waals surface area (Å²) >= 11 is 2.13. The Morgan fingerprint density at radius 2 is 2.21 bits per heavy atom. The van der Waals surface area contributed by atoms with Gasteiger partial charge in [0.1, 0.15) is 0 Å². The summed E-state index contributed by atoms with van der Waals surface area (Å²) in [5.41, 5.74) is 0. The molecule has 1 aliphatic carbocycles. The Labute approximate surface area is 92.4 Å². The van der Waals surface area contributed by atoms with Crippen molar-refractivity contribution in [2.75, 3.05) is 33.1 Å². The molecule has 0 N–H and O–H groups in total. The minimum Gasteiger partial charge on any atom is -0.383 e. The van der Waals surface area contributed by atoms with Crippen LogP contribution in [-0.2, 0) is 4.74 Å². The van der Waals surface area contributed by atoms with Crippen LogP contribution in [-0.4, -0.2) is 49.3 Å². The molecule has 0 aromatic heterocycles. The second-order valence-corrected chi connectivity index (χ2v) is 5.59. The number of thioether (sulfide) groups is 1. The molecule has 1 fully saturated rings. The average Bonchev–Trinajstić information content (AvgIpc) is 2.63. The molecule has 14 heavy (non-hydrogen) atoms. The zero-order valence-corrected chi connectivity index (χ0v) is 10.5. The first-order valence-corrected chi connectivity index (χ1v) is 6.63. The highest BCUT2D eigenvalue weighted by molar-refractivity contribution is 7.99. The lowest BCUT2D eigenvalue weighted by atomic mass is 10.2. The molecular formula is C11H23NOS. The van der Waals surface area contributed by atoms with Gasteiger partial charge in [0.2, 0.25) is 0 Å². The Balaban J connectivity index is 2.19. The van der Waals surface area contributed by atoms with Crippen LogP contribution in [0.25, 0.3) is 0 Å². The standard InChI is InChI=1S/C11H23NOS/c1-4-14-11-6-5-10(9-11)12(2)7-8-13-3/h10-11H,4-9H2,1-3H3/t10-,11-/m1/s1. The summed E-state index contributed by atoms with van der Waals surface area (Å²) in [4.78, 5) is 2.46. The van der Waals surface area contributed by atoms with Gasteiger partial charge in [-0.05, 0) is 32.1 Å². The predicted molar refractivity (Wildman–Crippen MR) is 64.1 cm³/mol. The third kappa shape index (κ3) is 3.79. The Morgan fingerprint density at radius 3 is 2.86 bits per heavy atom. The first-order valence-electron chi connectivity index (χ1n) is 5.58. The second kappa shape index (κ2) is 6.70. The van der Waals surface area contributed by atoms with Crippen molar-refractivity contribution in [1.82, 2.24) is 4.90 Å². The van der Waals surface area contributed by atoms with E-state index in [0.717, 1.165) is 24.4 Å². The Kier molecular flexibility index (Phi) is 5.90. The van der Waals surface area contributed by atoms with E-state index >= 15 is 0 Å². The van der Waals surface area contributed by atoms with Crippen molar-refractivity contribution in [3.8, 4) is 0 Å². The van der Waals surface area contributed by atoms with Gasteiger partial charge in [0.25, 0.3) is 0 Å². The minimum atomic E-state index is 0.800. The summed E-state index contributed by atoms with van der Waals surface area (Å²) in [5, 5.41) is 0.912. The van der Waals surface area contributed by atoms with E-state index < -0.39 is 0 Å². The van der Waals surface area contributed by atoms with Crippen molar-refractivity contribution in [2.24, 2.45) is 0 Å². The zero-order valence-electron chi connectivity index (χ0n) is 9.66. The predicted octanol–water partition coefficient (Wildman–Crippen LogP) is 2.24. The Morgan fingerprint density at radius 1 is 1.43 bits per heavy atom. The fourth-order valence-electron chi connectivity index (χ4n) is 2.12. The average molecular weight is 217 g/mol. The molecule has 0 spiro atoms. The molecule has 1 rings (SSSR count). The normalized spacial score (nSPS) is 27.4. The third-order valence-corrected chi connectivity index (χ3v) is 4.26. The molecule has 0 aromatic rings. The van der Waals surface area contributed by atoms with E-state index in [1.165, 1.54) is 25.0 Å². The van der Waals surface area contributed by atoms with Gasteiger partial charge in [0.15, 0.2) is 0 Å². The van der Waals surface area contributed by atoms with Gasteiger partial charge in [0.05, 0.1) is 6.61 Å². The Hall–Kier alpha value is 0.270. The molecule has 0 heterocycles. The number of likely N-dealkylation sites (N-methyl/N-ethyl adjacent to an activating group) is 1. The lowest BCUT2D eigenvalue weighted by Crippen LogP contribution is -2.32. The highest BCUT2D eigenvalue weighted by atomic mass is 32.2. The van der Waals surface area contributed by atoms with Crippen molar-refractivity contribution in [1.29, 1.82) is 0 Å². The van der Waals surface area contributed by atoms with Crippen LogP contribution in [0.1, 0.15) is 26.2 Å². The maximum atomic E-state index is 5.10. The first-order chi connectivity index (χ1) is 6.77. The number of hydrogen-bond acceptors (Lipinski definition) is 3. The second-order valence-electron chi connectivity index (χ2n) is 4.02. The molecule has 1 aliphatic rings. The van der Waals surface area contributed by atoms with E-state index in [1.807, 2.05) is 0 Å². The van der Waals surface area contributed by atoms with E-state index in [0.29, 0.717) is 0 Å². The zero-order chi connectivity index (χ0) is 10.4. The molecule has 2 nitrogen and oxygen atoms in total. The summed E-state index contributed by atoms with van der Waals surface area (Å²) in [7, 11) is 4.00. The molecule has 0 radical (unpaired) electrons. The number of methoxy groups -OCH3 is 1. The van der Waals surface area contributed by atoms with Gasteiger partial charge in [-0.2, -0.15) is 11.8 Å². The van der Waals surface area contributed by atoms with E-state index in [-0.39, 0.29) is 0 Å². The molecule has 0 amide bonds. The van der Waals surface area contributed by atoms with Crippen molar-refractivity contribution in [3.63, 3.8) is 0 Å². The summed E-state index contributed by atoms with van der Waals surface area (Å²) < 4.78 is 5.10. The monoisotopic (exact) mass is 217 g/mol. The SMILES string of the molecule is CCS[C@@H]1CC[C@@H](N(C)CCOC)C1. The van der Waals surface area contributed by atoms with Crippen LogP contribution in [0.4, 0.5) is 0 Å². The maximum Gasteiger partial charge on any atom is 0.0589 e. The smallest absolute Gasteiger partial charge is 0.0589 e. The van der Waals surface area contributed by atoms with Gasteiger partial charge in [-0.3, -0.25) is 0 Å². The number of ether oxygens (including phenoxy) is 1. The number of nitrogens with zero attached hydrogens (tertiary/aromatic N) is 1. The molecule has 3 heteroatoms. The van der Waals surface area contributed by atoms with Gasteiger partial charge < -0.3 is 9.64 Å². The molecule has 1 saturated carbocycles. The van der Waals surface area contributed by atoms with Gasteiger partial charge in [-0.1, -0.05) is 6.92 Å². The van der Waals surface area contributed by atoms with Gasteiger partial charge in [-0.25, -0.2) is 0 Å².